The maximum atomic E-state index is 13.0. The third kappa shape index (κ3) is 2.65. The van der Waals surface area contributed by atoms with Crippen molar-refractivity contribution in [1.82, 2.24) is 9.29 Å². The van der Waals surface area contributed by atoms with E-state index in [1.54, 1.807) is 22.6 Å². The van der Waals surface area contributed by atoms with Gasteiger partial charge in [0.2, 0.25) is 10.0 Å². The molecule has 0 spiro atoms. The van der Waals surface area contributed by atoms with Gasteiger partial charge < -0.3 is 10.7 Å². The van der Waals surface area contributed by atoms with Gasteiger partial charge in [0, 0.05) is 35.4 Å². The van der Waals surface area contributed by atoms with Gasteiger partial charge in [-0.25, -0.2) is 8.42 Å². The molecule has 1 aliphatic carbocycles. The van der Waals surface area contributed by atoms with Crippen molar-refractivity contribution in [1.29, 1.82) is 0 Å². The summed E-state index contributed by atoms with van der Waals surface area (Å²) in [4.78, 5) is 3.34. The molecule has 1 aliphatic rings. The zero-order valence-electron chi connectivity index (χ0n) is 12.3. The third-order valence-corrected chi connectivity index (χ3v) is 6.05. The Morgan fingerprint density at radius 1 is 1.38 bits per heavy atom. The topological polar surface area (TPSA) is 79.2 Å². The number of aromatic nitrogens is 1. The minimum Gasteiger partial charge on any atom is -0.399 e. The van der Waals surface area contributed by atoms with E-state index in [0.717, 1.165) is 18.4 Å². The number of anilines is 1. The van der Waals surface area contributed by atoms with Crippen LogP contribution in [0.5, 0.6) is 0 Å². The third-order valence-electron chi connectivity index (χ3n) is 3.97. The van der Waals surface area contributed by atoms with Gasteiger partial charge in [-0.1, -0.05) is 0 Å². The fourth-order valence-corrected chi connectivity index (χ4v) is 4.46. The van der Waals surface area contributed by atoms with E-state index in [0.29, 0.717) is 28.4 Å². The summed E-state index contributed by atoms with van der Waals surface area (Å²) < 4.78 is 27.6. The van der Waals surface area contributed by atoms with E-state index in [9.17, 15) is 8.42 Å². The fourth-order valence-electron chi connectivity index (χ4n) is 2.59. The standard InChI is InChI=1S/C15H21N3O2S/c1-10(2)18(9-11-3-4-11)21(19,20)15-8-17-14-6-5-12(16)7-13(14)15/h5-8,10-11,17H,3-4,9,16H2,1-2H3. The van der Waals surface area contributed by atoms with Crippen LogP contribution in [0.4, 0.5) is 5.69 Å². The molecule has 2 aromatic rings. The monoisotopic (exact) mass is 307 g/mol. The molecular weight excluding hydrogens is 286 g/mol. The highest BCUT2D eigenvalue weighted by molar-refractivity contribution is 7.89. The molecule has 0 unspecified atom stereocenters. The summed E-state index contributed by atoms with van der Waals surface area (Å²) in [6, 6.07) is 5.24. The number of sulfonamides is 1. The van der Waals surface area contributed by atoms with Crippen molar-refractivity contribution < 1.29 is 8.42 Å². The average Bonchev–Trinajstić information content (AvgIpc) is 3.13. The van der Waals surface area contributed by atoms with Gasteiger partial charge in [-0.05, 0) is 50.8 Å². The van der Waals surface area contributed by atoms with Crippen LogP contribution < -0.4 is 5.73 Å². The van der Waals surface area contributed by atoms with Crippen LogP contribution in [0.1, 0.15) is 26.7 Å². The summed E-state index contributed by atoms with van der Waals surface area (Å²) in [7, 11) is -3.51. The van der Waals surface area contributed by atoms with Gasteiger partial charge in [0.05, 0.1) is 0 Å². The first kappa shape index (κ1) is 14.4. The van der Waals surface area contributed by atoms with Crippen LogP contribution in [0.2, 0.25) is 0 Å². The number of fused-ring (bicyclic) bond motifs is 1. The highest BCUT2D eigenvalue weighted by Crippen LogP contribution is 2.34. The van der Waals surface area contributed by atoms with E-state index < -0.39 is 10.0 Å². The van der Waals surface area contributed by atoms with Gasteiger partial charge in [0.25, 0.3) is 0 Å². The van der Waals surface area contributed by atoms with Crippen molar-refractivity contribution in [2.24, 2.45) is 5.92 Å². The van der Waals surface area contributed by atoms with Crippen LogP contribution in [0.15, 0.2) is 29.3 Å². The maximum absolute atomic E-state index is 13.0. The van der Waals surface area contributed by atoms with Crippen molar-refractivity contribution >= 4 is 26.6 Å². The van der Waals surface area contributed by atoms with Gasteiger partial charge in [0.15, 0.2) is 0 Å². The van der Waals surface area contributed by atoms with Gasteiger partial charge >= 0.3 is 0 Å². The van der Waals surface area contributed by atoms with E-state index in [1.807, 2.05) is 19.9 Å². The number of H-pyrrole nitrogens is 1. The molecule has 21 heavy (non-hydrogen) atoms. The zero-order valence-corrected chi connectivity index (χ0v) is 13.2. The van der Waals surface area contributed by atoms with Crippen LogP contribution >= 0.6 is 0 Å². The summed E-state index contributed by atoms with van der Waals surface area (Å²) >= 11 is 0. The first-order valence-electron chi connectivity index (χ1n) is 7.28. The molecule has 6 heteroatoms. The molecule has 114 valence electrons. The number of benzene rings is 1. The van der Waals surface area contributed by atoms with Crippen LogP contribution in [-0.2, 0) is 10.0 Å². The van der Waals surface area contributed by atoms with Crippen LogP contribution in [0, 0.1) is 5.92 Å². The number of rotatable bonds is 5. The number of hydrogen-bond acceptors (Lipinski definition) is 3. The Labute approximate surface area is 125 Å². The Balaban J connectivity index is 2.07. The van der Waals surface area contributed by atoms with Crippen molar-refractivity contribution in [3.63, 3.8) is 0 Å². The molecule has 1 aromatic carbocycles. The Morgan fingerprint density at radius 3 is 2.71 bits per heavy atom. The predicted molar refractivity (Wildman–Crippen MR) is 84.5 cm³/mol. The molecular formula is C15H21N3O2S. The smallest absolute Gasteiger partial charge is 0.245 e. The van der Waals surface area contributed by atoms with Gasteiger partial charge in [0.1, 0.15) is 4.90 Å². The van der Waals surface area contributed by atoms with Gasteiger partial charge in [-0.15, -0.1) is 0 Å². The van der Waals surface area contributed by atoms with Crippen LogP contribution in [0.25, 0.3) is 10.9 Å². The maximum Gasteiger partial charge on any atom is 0.245 e. The van der Waals surface area contributed by atoms with Gasteiger partial charge in [-0.3, -0.25) is 0 Å². The summed E-state index contributed by atoms with van der Waals surface area (Å²) in [5.41, 5.74) is 7.16. The number of nitrogens with two attached hydrogens (primary N) is 1. The van der Waals surface area contributed by atoms with E-state index in [4.69, 9.17) is 5.73 Å². The second-order valence-corrected chi connectivity index (χ2v) is 7.93. The predicted octanol–water partition coefficient (Wildman–Crippen LogP) is 2.56. The minimum absolute atomic E-state index is 0.0541. The number of nitrogens with zero attached hydrogens (tertiary/aromatic N) is 1. The highest BCUT2D eigenvalue weighted by atomic mass is 32.2. The molecule has 1 heterocycles. The minimum atomic E-state index is -3.51. The van der Waals surface area contributed by atoms with E-state index in [-0.39, 0.29) is 6.04 Å². The Bertz CT molecular complexity index is 760. The summed E-state index contributed by atoms with van der Waals surface area (Å²) in [5, 5.41) is 0.663. The Hall–Kier alpha value is -1.53. The highest BCUT2D eigenvalue weighted by Gasteiger charge is 2.34. The van der Waals surface area contributed by atoms with E-state index in [2.05, 4.69) is 4.98 Å². The average molecular weight is 307 g/mol. The molecule has 0 atom stereocenters. The lowest BCUT2D eigenvalue weighted by molar-refractivity contribution is 0.342. The van der Waals surface area contributed by atoms with Crippen LogP contribution in [0.3, 0.4) is 0 Å². The number of hydrogen-bond donors (Lipinski definition) is 2. The summed E-state index contributed by atoms with van der Waals surface area (Å²) in [5.74, 6) is 0.512. The molecule has 3 N–H and O–H groups in total. The first-order valence-corrected chi connectivity index (χ1v) is 8.72. The van der Waals surface area contributed by atoms with Crippen molar-refractivity contribution in [2.75, 3.05) is 12.3 Å². The Kier molecular flexibility index (Phi) is 3.45. The second-order valence-electron chi connectivity index (χ2n) is 6.07. The van der Waals surface area contributed by atoms with Gasteiger partial charge in [-0.2, -0.15) is 4.31 Å². The van der Waals surface area contributed by atoms with E-state index in [1.165, 1.54) is 0 Å². The van der Waals surface area contributed by atoms with Crippen molar-refractivity contribution in [3.05, 3.63) is 24.4 Å². The Morgan fingerprint density at radius 2 is 2.10 bits per heavy atom. The molecule has 1 saturated carbocycles. The van der Waals surface area contributed by atoms with Crippen molar-refractivity contribution in [3.8, 4) is 0 Å². The second kappa shape index (κ2) is 5.03. The van der Waals surface area contributed by atoms with E-state index >= 15 is 0 Å². The largest absolute Gasteiger partial charge is 0.399 e. The lowest BCUT2D eigenvalue weighted by atomic mass is 10.2. The molecule has 0 aliphatic heterocycles. The summed E-state index contributed by atoms with van der Waals surface area (Å²) in [6.45, 7) is 4.45. The number of nitrogens with one attached hydrogen (secondary N) is 1. The lowest BCUT2D eigenvalue weighted by Crippen LogP contribution is -2.38. The quantitative estimate of drug-likeness (QED) is 0.833. The molecule has 0 radical (unpaired) electrons. The van der Waals surface area contributed by atoms with Crippen LogP contribution in [-0.4, -0.2) is 30.3 Å². The SMILES string of the molecule is CC(C)N(CC1CC1)S(=O)(=O)c1c[nH]c2ccc(N)cc12. The summed E-state index contributed by atoms with van der Waals surface area (Å²) in [6.07, 6.45) is 3.82. The molecule has 0 amide bonds. The molecule has 1 fully saturated rings. The lowest BCUT2D eigenvalue weighted by Gasteiger charge is -2.25. The molecule has 1 aromatic heterocycles. The molecule has 0 saturated heterocycles. The molecule has 5 nitrogen and oxygen atoms in total. The molecule has 0 bridgehead atoms. The normalized spacial score (nSPS) is 16.2. The zero-order chi connectivity index (χ0) is 15.2. The first-order chi connectivity index (χ1) is 9.89. The van der Waals surface area contributed by atoms with Crippen molar-refractivity contribution in [2.45, 2.75) is 37.6 Å². The molecule has 3 rings (SSSR count). The fraction of sp³-hybridized carbons (Fsp3) is 0.467. The number of aromatic amines is 1. The number of nitrogen functional groups attached to an aromatic ring is 1.